The van der Waals surface area contributed by atoms with E-state index in [1.807, 2.05) is 0 Å². The molecule has 11 heavy (non-hydrogen) atoms. The van der Waals surface area contributed by atoms with Crippen molar-refractivity contribution in [3.8, 4) is 0 Å². The molecule has 2 atom stereocenters. The molecule has 1 heterocycles. The van der Waals surface area contributed by atoms with E-state index in [-0.39, 0.29) is 31.1 Å². The Morgan fingerprint density at radius 3 is 2.27 bits per heavy atom. The van der Waals surface area contributed by atoms with E-state index < -0.39 is 24.7 Å². The standard InChI is InChI=1S/C5H7F2O3.U/c6-5(7)3(9)2-10-4(5)1-8;/h2-4,8-9H,1H2;/q-1;/t3-,4+;/m0./s1. The van der Waals surface area contributed by atoms with Crippen LogP contribution in [0.25, 0.3) is 0 Å². The first-order valence-corrected chi connectivity index (χ1v) is 2.74. The summed E-state index contributed by atoms with van der Waals surface area (Å²) in [5.74, 6) is -3.35. The minimum Gasteiger partial charge on any atom is -0.541 e. The van der Waals surface area contributed by atoms with Crippen LogP contribution in [0.15, 0.2) is 0 Å². The quantitative estimate of drug-likeness (QED) is 0.595. The maximum Gasteiger partial charge on any atom is 0.273 e. The van der Waals surface area contributed by atoms with Gasteiger partial charge in [0, 0.05) is 37.2 Å². The van der Waals surface area contributed by atoms with Crippen LogP contribution in [-0.4, -0.2) is 35.0 Å². The average molecular weight is 391 g/mol. The minimum atomic E-state index is -3.35. The molecule has 1 fully saturated rings. The molecule has 1 rings (SSSR count). The Bertz CT molecular complexity index is 133. The second-order valence-electron chi connectivity index (χ2n) is 2.06. The van der Waals surface area contributed by atoms with Gasteiger partial charge in [0.1, 0.15) is 6.10 Å². The zero-order valence-electron chi connectivity index (χ0n) is 5.50. The summed E-state index contributed by atoms with van der Waals surface area (Å²) in [6.45, 7) is -0.165. The van der Waals surface area contributed by atoms with Crippen LogP contribution in [0, 0.1) is 37.7 Å². The van der Waals surface area contributed by atoms with E-state index in [9.17, 15) is 8.78 Å². The van der Waals surface area contributed by atoms with E-state index in [4.69, 9.17) is 10.2 Å². The van der Waals surface area contributed by atoms with Crippen LogP contribution in [-0.2, 0) is 4.74 Å². The predicted molar refractivity (Wildman–Crippen MR) is 27.2 cm³/mol. The molecule has 0 spiro atoms. The fraction of sp³-hybridized carbons (Fsp3) is 0.800. The molecule has 0 amide bonds. The zero-order valence-corrected chi connectivity index (χ0v) is 9.66. The number of rotatable bonds is 1. The monoisotopic (exact) mass is 391 g/mol. The van der Waals surface area contributed by atoms with Gasteiger partial charge in [-0.15, -0.1) is 0 Å². The van der Waals surface area contributed by atoms with Gasteiger partial charge in [0.15, 0.2) is 0 Å². The Morgan fingerprint density at radius 1 is 1.55 bits per heavy atom. The normalized spacial score (nSPS) is 34.9. The molecule has 0 saturated carbocycles. The van der Waals surface area contributed by atoms with Crippen molar-refractivity contribution < 1.29 is 54.8 Å². The van der Waals surface area contributed by atoms with Crippen LogP contribution in [0.4, 0.5) is 8.78 Å². The summed E-state index contributed by atoms with van der Waals surface area (Å²) in [6.07, 6.45) is -3.49. The van der Waals surface area contributed by atoms with Gasteiger partial charge in [-0.2, -0.15) is 6.61 Å². The number of hydrogen-bond donors (Lipinski definition) is 2. The molecule has 1 aliphatic heterocycles. The van der Waals surface area contributed by atoms with Crippen LogP contribution in [0.2, 0.25) is 0 Å². The van der Waals surface area contributed by atoms with Gasteiger partial charge in [0.25, 0.3) is 5.92 Å². The van der Waals surface area contributed by atoms with Crippen molar-refractivity contribution in [3.05, 3.63) is 6.61 Å². The Labute approximate surface area is 86.1 Å². The Kier molecular flexibility index (Phi) is 4.45. The van der Waals surface area contributed by atoms with Crippen molar-refractivity contribution in [2.45, 2.75) is 18.1 Å². The minimum absolute atomic E-state index is 0. The molecule has 0 aliphatic carbocycles. The summed E-state index contributed by atoms with van der Waals surface area (Å²) >= 11 is 0. The molecule has 0 aromatic carbocycles. The third kappa shape index (κ3) is 2.13. The summed E-state index contributed by atoms with van der Waals surface area (Å²) in [4.78, 5) is 0. The molecule has 1 saturated heterocycles. The fourth-order valence-electron chi connectivity index (χ4n) is 0.706. The van der Waals surface area contributed by atoms with Crippen molar-refractivity contribution >= 4 is 0 Å². The van der Waals surface area contributed by atoms with Gasteiger partial charge >= 0.3 is 0 Å². The molecular formula is C5H7F2O3U-. The Balaban J connectivity index is 0.000001000. The third-order valence-corrected chi connectivity index (χ3v) is 1.36. The third-order valence-electron chi connectivity index (χ3n) is 1.36. The summed E-state index contributed by atoms with van der Waals surface area (Å²) < 4.78 is 29.1. The van der Waals surface area contributed by atoms with Crippen LogP contribution in [0.3, 0.4) is 0 Å². The molecule has 2 N–H and O–H groups in total. The number of aliphatic hydroxyl groups excluding tert-OH is 2. The van der Waals surface area contributed by atoms with Crippen molar-refractivity contribution in [3.63, 3.8) is 0 Å². The first kappa shape index (κ1) is 11.8. The van der Waals surface area contributed by atoms with E-state index >= 15 is 0 Å². The second-order valence-corrected chi connectivity index (χ2v) is 2.06. The molecule has 6 heteroatoms. The molecule has 64 valence electrons. The number of hydrogen-bond acceptors (Lipinski definition) is 3. The van der Waals surface area contributed by atoms with Gasteiger partial charge in [0.2, 0.25) is 0 Å². The first-order valence-electron chi connectivity index (χ1n) is 2.74. The van der Waals surface area contributed by atoms with Gasteiger partial charge in [0.05, 0.1) is 6.61 Å². The zero-order chi connectivity index (χ0) is 7.78. The summed E-state index contributed by atoms with van der Waals surface area (Å²) in [5, 5.41) is 16.8. The van der Waals surface area contributed by atoms with Gasteiger partial charge < -0.3 is 14.9 Å². The number of aliphatic hydroxyl groups is 2. The largest absolute Gasteiger partial charge is 0.541 e. The topological polar surface area (TPSA) is 49.7 Å². The van der Waals surface area contributed by atoms with Crippen molar-refractivity contribution in [1.29, 1.82) is 0 Å². The van der Waals surface area contributed by atoms with Crippen LogP contribution >= 0.6 is 0 Å². The SMILES string of the molecule is OC[C@H]1O[CH-][C@H](O)C1(F)F.[U]. The first-order chi connectivity index (χ1) is 4.59. The maximum absolute atomic E-state index is 12.4. The molecule has 0 unspecified atom stereocenters. The molecule has 3 nitrogen and oxygen atoms in total. The van der Waals surface area contributed by atoms with Crippen molar-refractivity contribution in [2.75, 3.05) is 6.61 Å². The van der Waals surface area contributed by atoms with E-state index in [2.05, 4.69) is 4.74 Å². The smallest absolute Gasteiger partial charge is 0.273 e. The Morgan fingerprint density at radius 2 is 2.09 bits per heavy atom. The predicted octanol–water partition coefficient (Wildman–Crippen LogP) is -0.465. The van der Waals surface area contributed by atoms with E-state index in [1.54, 1.807) is 0 Å². The molecule has 1 aliphatic rings. The second kappa shape index (κ2) is 4.15. The molecular weight excluding hydrogens is 384 g/mol. The molecule has 0 bridgehead atoms. The van der Waals surface area contributed by atoms with E-state index in [1.165, 1.54) is 0 Å². The summed E-state index contributed by atoms with van der Waals surface area (Å²) in [7, 11) is 0. The van der Waals surface area contributed by atoms with Crippen LogP contribution in [0.5, 0.6) is 0 Å². The average Bonchev–Trinajstić information content (AvgIpc) is 2.10. The van der Waals surface area contributed by atoms with E-state index in [0.717, 1.165) is 0 Å². The molecule has 0 radical (unpaired) electrons. The Hall–Kier alpha value is 0.792. The van der Waals surface area contributed by atoms with Gasteiger partial charge in [-0.3, -0.25) is 0 Å². The molecule has 0 aromatic heterocycles. The van der Waals surface area contributed by atoms with Crippen LogP contribution < -0.4 is 0 Å². The van der Waals surface area contributed by atoms with Gasteiger partial charge in [-0.25, -0.2) is 8.78 Å². The van der Waals surface area contributed by atoms with Crippen LogP contribution in [0.1, 0.15) is 0 Å². The van der Waals surface area contributed by atoms with Crippen molar-refractivity contribution in [2.24, 2.45) is 0 Å². The summed E-state index contributed by atoms with van der Waals surface area (Å²) in [5.41, 5.74) is 0. The summed E-state index contributed by atoms with van der Waals surface area (Å²) in [6, 6.07) is 0. The number of ether oxygens (including phenoxy) is 1. The number of alkyl halides is 2. The fourth-order valence-corrected chi connectivity index (χ4v) is 0.706. The van der Waals surface area contributed by atoms with E-state index in [0.29, 0.717) is 6.61 Å². The number of halogens is 2. The van der Waals surface area contributed by atoms with Gasteiger partial charge in [-0.1, -0.05) is 0 Å². The van der Waals surface area contributed by atoms with Gasteiger partial charge in [-0.05, 0) is 0 Å². The maximum atomic E-state index is 12.4. The molecule has 0 aromatic rings. The van der Waals surface area contributed by atoms with Crippen molar-refractivity contribution in [1.82, 2.24) is 0 Å².